The minimum absolute atomic E-state index is 0.269. The van der Waals surface area contributed by atoms with E-state index in [0.717, 1.165) is 6.42 Å². The number of hydrogen-bond acceptors (Lipinski definition) is 3. The summed E-state index contributed by atoms with van der Waals surface area (Å²) in [5.74, 6) is 1.09. The van der Waals surface area contributed by atoms with Crippen LogP contribution in [0.25, 0.3) is 0 Å². The Morgan fingerprint density at radius 1 is 1.40 bits per heavy atom. The van der Waals surface area contributed by atoms with Gasteiger partial charge in [0.05, 0.1) is 11.5 Å². The molecule has 0 aromatic heterocycles. The summed E-state index contributed by atoms with van der Waals surface area (Å²) in [6.45, 7) is 0.497. The van der Waals surface area contributed by atoms with Gasteiger partial charge in [0.2, 0.25) is 0 Å². The summed E-state index contributed by atoms with van der Waals surface area (Å²) in [7, 11) is -3.16. The number of rotatable bonds is 5. The molecule has 0 radical (unpaired) electrons. The topological polar surface area (TPSA) is 43.4 Å². The average Bonchev–Trinajstić information content (AvgIpc) is 2.17. The number of hydrogen-bond donors (Lipinski definition) is 0. The third kappa shape index (κ3) is 4.10. The van der Waals surface area contributed by atoms with Crippen molar-refractivity contribution in [2.24, 2.45) is 0 Å². The van der Waals surface area contributed by atoms with Crippen LogP contribution < -0.4 is 4.74 Å². The Bertz CT molecular complexity index is 414. The summed E-state index contributed by atoms with van der Waals surface area (Å²) in [4.78, 5) is 0.269. The van der Waals surface area contributed by atoms with Crippen molar-refractivity contribution in [1.82, 2.24) is 0 Å². The molecule has 1 aromatic rings. The Kier molecular flexibility index (Phi) is 4.42. The zero-order chi connectivity index (χ0) is 11.3. The van der Waals surface area contributed by atoms with Crippen LogP contribution in [0.15, 0.2) is 29.2 Å². The zero-order valence-corrected chi connectivity index (χ0v) is 10.0. The summed E-state index contributed by atoms with van der Waals surface area (Å²) in [6.07, 6.45) is 1.91. The van der Waals surface area contributed by atoms with Gasteiger partial charge in [-0.2, -0.15) is 0 Å². The Morgan fingerprint density at radius 3 is 2.73 bits per heavy atom. The molecule has 1 aromatic carbocycles. The summed E-state index contributed by atoms with van der Waals surface area (Å²) >= 11 is 5.50. The van der Waals surface area contributed by atoms with E-state index in [1.165, 1.54) is 12.3 Å². The van der Waals surface area contributed by atoms with Crippen molar-refractivity contribution >= 4 is 21.4 Å². The van der Waals surface area contributed by atoms with Gasteiger partial charge in [0, 0.05) is 12.1 Å². The fraction of sp³-hybridized carbons (Fsp3) is 0.400. The van der Waals surface area contributed by atoms with E-state index in [4.69, 9.17) is 16.3 Å². The second-order valence-electron chi connectivity index (χ2n) is 3.14. The highest BCUT2D eigenvalue weighted by molar-refractivity contribution is 7.90. The zero-order valence-electron chi connectivity index (χ0n) is 8.44. The van der Waals surface area contributed by atoms with Gasteiger partial charge >= 0.3 is 0 Å². The molecular formula is C10H13ClO3S. The van der Waals surface area contributed by atoms with Crippen molar-refractivity contribution in [3.63, 3.8) is 0 Å². The summed E-state index contributed by atoms with van der Waals surface area (Å²) < 4.78 is 27.8. The van der Waals surface area contributed by atoms with Crippen molar-refractivity contribution < 1.29 is 13.2 Å². The van der Waals surface area contributed by atoms with Gasteiger partial charge < -0.3 is 4.74 Å². The van der Waals surface area contributed by atoms with E-state index in [1.807, 2.05) is 0 Å². The molecule has 0 spiro atoms. The molecule has 0 aliphatic carbocycles. The molecule has 84 valence electrons. The highest BCUT2D eigenvalue weighted by atomic mass is 35.5. The van der Waals surface area contributed by atoms with Gasteiger partial charge in [-0.15, -0.1) is 11.6 Å². The van der Waals surface area contributed by atoms with Crippen LogP contribution in [-0.4, -0.2) is 27.2 Å². The third-order valence-corrected chi connectivity index (χ3v) is 3.16. The minimum atomic E-state index is -3.16. The molecule has 0 aliphatic heterocycles. The quantitative estimate of drug-likeness (QED) is 0.592. The standard InChI is InChI=1S/C10H13ClO3S/c1-15(12,13)10-5-2-4-9(8-10)14-7-3-6-11/h2,4-5,8H,3,6-7H2,1H3. The van der Waals surface area contributed by atoms with Crippen LogP contribution in [0.3, 0.4) is 0 Å². The highest BCUT2D eigenvalue weighted by Crippen LogP contribution is 2.17. The molecule has 3 nitrogen and oxygen atoms in total. The average molecular weight is 249 g/mol. The van der Waals surface area contributed by atoms with Crippen LogP contribution in [0.4, 0.5) is 0 Å². The van der Waals surface area contributed by atoms with E-state index in [0.29, 0.717) is 18.2 Å². The normalized spacial score (nSPS) is 11.3. The van der Waals surface area contributed by atoms with Crippen molar-refractivity contribution in [2.45, 2.75) is 11.3 Å². The van der Waals surface area contributed by atoms with E-state index in [9.17, 15) is 8.42 Å². The number of ether oxygens (including phenoxy) is 1. The first-order valence-corrected chi connectivity index (χ1v) is 6.95. The fourth-order valence-corrected chi connectivity index (χ4v) is 1.80. The van der Waals surface area contributed by atoms with Gasteiger partial charge in [0.1, 0.15) is 5.75 Å². The molecular weight excluding hydrogens is 236 g/mol. The van der Waals surface area contributed by atoms with E-state index < -0.39 is 9.84 Å². The first-order chi connectivity index (χ1) is 7.04. The molecule has 0 bridgehead atoms. The fourth-order valence-electron chi connectivity index (χ4n) is 1.04. The predicted molar refractivity (Wildman–Crippen MR) is 60.4 cm³/mol. The van der Waals surface area contributed by atoms with Crippen molar-refractivity contribution in [3.8, 4) is 5.75 Å². The Balaban J connectivity index is 2.75. The molecule has 0 saturated heterocycles. The molecule has 0 unspecified atom stereocenters. The van der Waals surface area contributed by atoms with E-state index in [-0.39, 0.29) is 4.90 Å². The maximum Gasteiger partial charge on any atom is 0.175 e. The van der Waals surface area contributed by atoms with Gasteiger partial charge in [-0.05, 0) is 24.6 Å². The lowest BCUT2D eigenvalue weighted by Crippen LogP contribution is -2.00. The van der Waals surface area contributed by atoms with Gasteiger partial charge in [-0.1, -0.05) is 6.07 Å². The predicted octanol–water partition coefficient (Wildman–Crippen LogP) is 2.10. The molecule has 0 heterocycles. The lowest BCUT2D eigenvalue weighted by atomic mass is 10.3. The van der Waals surface area contributed by atoms with Crippen LogP contribution in [0.5, 0.6) is 5.75 Å². The monoisotopic (exact) mass is 248 g/mol. The molecule has 0 fully saturated rings. The van der Waals surface area contributed by atoms with Gasteiger partial charge in [-0.25, -0.2) is 8.42 Å². The molecule has 1 rings (SSSR count). The van der Waals surface area contributed by atoms with Crippen LogP contribution in [0.2, 0.25) is 0 Å². The van der Waals surface area contributed by atoms with Crippen LogP contribution in [0, 0.1) is 0 Å². The second kappa shape index (κ2) is 5.37. The summed E-state index contributed by atoms with van der Waals surface area (Å²) in [5.41, 5.74) is 0. The van der Waals surface area contributed by atoms with Crippen LogP contribution in [0.1, 0.15) is 6.42 Å². The Hall–Kier alpha value is -0.740. The molecule has 5 heteroatoms. The van der Waals surface area contributed by atoms with Gasteiger partial charge in [-0.3, -0.25) is 0 Å². The molecule has 0 atom stereocenters. The Labute approximate surface area is 94.9 Å². The van der Waals surface area contributed by atoms with Crippen molar-refractivity contribution in [2.75, 3.05) is 18.7 Å². The van der Waals surface area contributed by atoms with Crippen LogP contribution >= 0.6 is 11.6 Å². The highest BCUT2D eigenvalue weighted by Gasteiger charge is 2.07. The van der Waals surface area contributed by atoms with E-state index in [2.05, 4.69) is 0 Å². The van der Waals surface area contributed by atoms with Crippen molar-refractivity contribution in [3.05, 3.63) is 24.3 Å². The molecule has 0 aliphatic rings. The third-order valence-electron chi connectivity index (χ3n) is 1.78. The minimum Gasteiger partial charge on any atom is -0.494 e. The number of benzene rings is 1. The van der Waals surface area contributed by atoms with Gasteiger partial charge in [0.25, 0.3) is 0 Å². The maximum absolute atomic E-state index is 11.2. The largest absolute Gasteiger partial charge is 0.494 e. The SMILES string of the molecule is CS(=O)(=O)c1cccc(OCCCCl)c1. The Morgan fingerprint density at radius 2 is 2.13 bits per heavy atom. The lowest BCUT2D eigenvalue weighted by molar-refractivity contribution is 0.317. The first kappa shape index (κ1) is 12.3. The lowest BCUT2D eigenvalue weighted by Gasteiger charge is -2.06. The molecule has 0 amide bonds. The van der Waals surface area contributed by atoms with Crippen molar-refractivity contribution in [1.29, 1.82) is 0 Å². The smallest absolute Gasteiger partial charge is 0.175 e. The maximum atomic E-state index is 11.2. The molecule has 0 saturated carbocycles. The number of halogens is 1. The first-order valence-electron chi connectivity index (χ1n) is 4.53. The second-order valence-corrected chi connectivity index (χ2v) is 5.53. The molecule has 0 N–H and O–H groups in total. The molecule has 15 heavy (non-hydrogen) atoms. The number of sulfone groups is 1. The number of alkyl halides is 1. The van der Waals surface area contributed by atoms with E-state index in [1.54, 1.807) is 18.2 Å². The van der Waals surface area contributed by atoms with Gasteiger partial charge in [0.15, 0.2) is 9.84 Å². The summed E-state index contributed by atoms with van der Waals surface area (Å²) in [5, 5.41) is 0. The summed E-state index contributed by atoms with van der Waals surface area (Å²) in [6, 6.07) is 6.45. The van der Waals surface area contributed by atoms with Crippen LogP contribution in [-0.2, 0) is 9.84 Å². The van der Waals surface area contributed by atoms with E-state index >= 15 is 0 Å².